The average Bonchev–Trinajstić information content (AvgIpc) is 2.41. The summed E-state index contributed by atoms with van der Waals surface area (Å²) in [5, 5.41) is 10.2. The van der Waals surface area contributed by atoms with Crippen LogP contribution in [0.1, 0.15) is 40.5 Å². The van der Waals surface area contributed by atoms with Gasteiger partial charge in [-0.05, 0) is 22.9 Å². The highest BCUT2D eigenvalue weighted by atomic mass is 15.1. The highest BCUT2D eigenvalue weighted by Crippen LogP contribution is 2.20. The second-order valence-corrected chi connectivity index (χ2v) is 4.25. The van der Waals surface area contributed by atoms with Crippen LogP contribution in [0.3, 0.4) is 0 Å². The van der Waals surface area contributed by atoms with Crippen LogP contribution in [0.5, 0.6) is 0 Å². The van der Waals surface area contributed by atoms with E-state index in [0.717, 1.165) is 5.69 Å². The van der Waals surface area contributed by atoms with Gasteiger partial charge in [0.25, 0.3) is 0 Å². The summed E-state index contributed by atoms with van der Waals surface area (Å²) >= 11 is 0. The average molecular weight is 258 g/mol. The van der Waals surface area contributed by atoms with Crippen LogP contribution in [0.4, 0.5) is 5.69 Å². The maximum Gasteiger partial charge on any atom is 0.0858 e. The van der Waals surface area contributed by atoms with Crippen LogP contribution in [-0.4, -0.2) is 7.05 Å². The molecular formula is C17H26N2. The van der Waals surface area contributed by atoms with Crippen molar-refractivity contribution >= 4 is 16.5 Å². The van der Waals surface area contributed by atoms with E-state index in [9.17, 15) is 0 Å². The molecule has 2 aromatic rings. The van der Waals surface area contributed by atoms with Crippen molar-refractivity contribution in [2.45, 2.75) is 40.5 Å². The van der Waals surface area contributed by atoms with Crippen molar-refractivity contribution in [1.82, 2.24) is 0 Å². The highest BCUT2D eigenvalue weighted by molar-refractivity contribution is 5.84. The minimum atomic E-state index is 0.904. The fourth-order valence-corrected chi connectivity index (χ4v) is 1.35. The third-order valence-corrected chi connectivity index (χ3v) is 1.95. The molecule has 0 saturated heterocycles. The first kappa shape index (κ1) is 17.3. The zero-order chi connectivity index (χ0) is 14.5. The first-order valence-electron chi connectivity index (χ1n) is 7.01. The van der Waals surface area contributed by atoms with Gasteiger partial charge in [-0.2, -0.15) is 10.2 Å². The monoisotopic (exact) mass is 258 g/mol. The molecule has 19 heavy (non-hydrogen) atoms. The van der Waals surface area contributed by atoms with Gasteiger partial charge in [-0.1, -0.05) is 70.9 Å². The SMILES string of the molecule is CCC.CCC.CN=Nc1ccc2ccccc2c1. The molecule has 0 fully saturated rings. The molecule has 0 N–H and O–H groups in total. The lowest BCUT2D eigenvalue weighted by atomic mass is 10.1. The number of azo groups is 1. The van der Waals surface area contributed by atoms with E-state index in [1.165, 1.54) is 23.6 Å². The lowest BCUT2D eigenvalue weighted by Crippen LogP contribution is -1.70. The van der Waals surface area contributed by atoms with Crippen molar-refractivity contribution < 1.29 is 0 Å². The maximum atomic E-state index is 3.98. The summed E-state index contributed by atoms with van der Waals surface area (Å²) < 4.78 is 0. The number of hydrogen-bond acceptors (Lipinski definition) is 2. The number of nitrogens with zero attached hydrogens (tertiary/aromatic N) is 2. The molecule has 0 aliphatic carbocycles. The van der Waals surface area contributed by atoms with Gasteiger partial charge in [0.1, 0.15) is 0 Å². The standard InChI is InChI=1S/C11H10N2.2C3H8/c1-12-13-11-7-6-9-4-2-3-5-10(9)8-11;2*1-3-2/h2-8H,1H3;2*3H2,1-2H3. The Kier molecular flexibility index (Phi) is 10.4. The molecule has 0 saturated carbocycles. The number of rotatable bonds is 1. The fourth-order valence-electron chi connectivity index (χ4n) is 1.35. The Morgan fingerprint density at radius 2 is 1.32 bits per heavy atom. The molecule has 2 heteroatoms. The molecule has 0 bridgehead atoms. The summed E-state index contributed by atoms with van der Waals surface area (Å²) in [6.07, 6.45) is 2.50. The van der Waals surface area contributed by atoms with E-state index in [-0.39, 0.29) is 0 Å². The zero-order valence-corrected chi connectivity index (χ0v) is 12.9. The molecule has 0 atom stereocenters. The van der Waals surface area contributed by atoms with Crippen molar-refractivity contribution in [2.24, 2.45) is 10.2 Å². The summed E-state index contributed by atoms with van der Waals surface area (Å²) in [5.41, 5.74) is 0.904. The Balaban J connectivity index is 0.000000465. The second kappa shape index (κ2) is 11.4. The Hall–Kier alpha value is -1.70. The van der Waals surface area contributed by atoms with Crippen molar-refractivity contribution in [3.05, 3.63) is 42.5 Å². The van der Waals surface area contributed by atoms with E-state index < -0.39 is 0 Å². The van der Waals surface area contributed by atoms with E-state index in [1.54, 1.807) is 7.05 Å². The summed E-state index contributed by atoms with van der Waals surface area (Å²) in [5.74, 6) is 0. The minimum absolute atomic E-state index is 0.904. The zero-order valence-electron chi connectivity index (χ0n) is 12.9. The number of fused-ring (bicyclic) bond motifs is 1. The second-order valence-electron chi connectivity index (χ2n) is 4.25. The van der Waals surface area contributed by atoms with Gasteiger partial charge in [0, 0.05) is 7.05 Å². The van der Waals surface area contributed by atoms with Crippen molar-refractivity contribution in [3.8, 4) is 0 Å². The Morgan fingerprint density at radius 3 is 1.84 bits per heavy atom. The van der Waals surface area contributed by atoms with E-state index in [1.807, 2.05) is 24.3 Å². The smallest absolute Gasteiger partial charge is 0.0858 e. The molecule has 104 valence electrons. The Bertz CT molecular complexity index is 473. The molecule has 0 radical (unpaired) electrons. The van der Waals surface area contributed by atoms with Crippen LogP contribution in [0.15, 0.2) is 52.7 Å². The predicted molar refractivity (Wildman–Crippen MR) is 86.3 cm³/mol. The summed E-state index contributed by atoms with van der Waals surface area (Å²) in [6.45, 7) is 8.50. The van der Waals surface area contributed by atoms with Gasteiger partial charge >= 0.3 is 0 Å². The molecule has 2 aromatic carbocycles. The van der Waals surface area contributed by atoms with Crippen molar-refractivity contribution in [3.63, 3.8) is 0 Å². The minimum Gasteiger partial charge on any atom is -0.192 e. The van der Waals surface area contributed by atoms with Crippen molar-refractivity contribution in [2.75, 3.05) is 7.05 Å². The first-order valence-corrected chi connectivity index (χ1v) is 7.01. The lowest BCUT2D eigenvalue weighted by Gasteiger charge is -1.97. The van der Waals surface area contributed by atoms with E-state index >= 15 is 0 Å². The maximum absolute atomic E-state index is 3.98. The number of hydrogen-bond donors (Lipinski definition) is 0. The Morgan fingerprint density at radius 1 is 0.789 bits per heavy atom. The van der Waals surface area contributed by atoms with E-state index in [4.69, 9.17) is 0 Å². The summed E-state index contributed by atoms with van der Waals surface area (Å²) in [4.78, 5) is 0. The van der Waals surface area contributed by atoms with Crippen LogP contribution >= 0.6 is 0 Å². The quantitative estimate of drug-likeness (QED) is 0.530. The van der Waals surface area contributed by atoms with Crippen molar-refractivity contribution in [1.29, 1.82) is 0 Å². The van der Waals surface area contributed by atoms with E-state index in [2.05, 4.69) is 56.1 Å². The Labute approximate surface area is 117 Å². The summed E-state index contributed by atoms with van der Waals surface area (Å²) in [6, 6.07) is 14.3. The number of benzene rings is 2. The molecule has 0 aliphatic rings. The topological polar surface area (TPSA) is 24.7 Å². The largest absolute Gasteiger partial charge is 0.192 e. The third kappa shape index (κ3) is 7.35. The molecule has 0 aromatic heterocycles. The molecule has 0 spiro atoms. The molecule has 2 nitrogen and oxygen atoms in total. The van der Waals surface area contributed by atoms with Crippen LogP contribution in [0.25, 0.3) is 10.8 Å². The van der Waals surface area contributed by atoms with Gasteiger partial charge in [-0.15, -0.1) is 0 Å². The van der Waals surface area contributed by atoms with Crippen LogP contribution in [-0.2, 0) is 0 Å². The van der Waals surface area contributed by atoms with Gasteiger partial charge in [-0.3, -0.25) is 0 Å². The fraction of sp³-hybridized carbons (Fsp3) is 0.412. The van der Waals surface area contributed by atoms with Crippen LogP contribution < -0.4 is 0 Å². The van der Waals surface area contributed by atoms with Crippen LogP contribution in [0, 0.1) is 0 Å². The molecule has 2 rings (SSSR count). The molecule has 0 amide bonds. The third-order valence-electron chi connectivity index (χ3n) is 1.95. The van der Waals surface area contributed by atoms with E-state index in [0.29, 0.717) is 0 Å². The molecular weight excluding hydrogens is 232 g/mol. The van der Waals surface area contributed by atoms with Gasteiger partial charge in [0.15, 0.2) is 0 Å². The van der Waals surface area contributed by atoms with Gasteiger partial charge in [0.05, 0.1) is 5.69 Å². The first-order chi connectivity index (χ1) is 9.23. The normalized spacial score (nSPS) is 9.53. The molecule has 0 aliphatic heterocycles. The lowest BCUT2D eigenvalue weighted by molar-refractivity contribution is 1.09. The molecule has 0 heterocycles. The van der Waals surface area contributed by atoms with Gasteiger partial charge in [0.2, 0.25) is 0 Å². The highest BCUT2D eigenvalue weighted by Gasteiger charge is 1.92. The van der Waals surface area contributed by atoms with Gasteiger partial charge in [-0.25, -0.2) is 0 Å². The van der Waals surface area contributed by atoms with Crippen LogP contribution in [0.2, 0.25) is 0 Å². The summed E-state index contributed by atoms with van der Waals surface area (Å²) in [7, 11) is 1.68. The molecule has 0 unspecified atom stereocenters. The predicted octanol–water partition coefficient (Wildman–Crippen LogP) is 6.39. The van der Waals surface area contributed by atoms with Gasteiger partial charge < -0.3 is 0 Å².